The zero-order chi connectivity index (χ0) is 30.1. The fraction of sp³-hybridized carbons (Fsp3) is 0.500. The Balaban J connectivity index is 1.22. The maximum absolute atomic E-state index is 13.1. The summed E-state index contributed by atoms with van der Waals surface area (Å²) in [6, 6.07) is 15.0. The van der Waals surface area contributed by atoms with E-state index in [1.807, 2.05) is 49.5 Å². The predicted octanol–water partition coefficient (Wildman–Crippen LogP) is 3.63. The molecule has 0 unspecified atom stereocenters. The molecule has 0 saturated carbocycles. The lowest BCUT2D eigenvalue weighted by molar-refractivity contribution is -0.135. The third kappa shape index (κ3) is 6.42. The SMILES string of the molecule is CN1CC2(C1)OC(=O)c1ccc(-c3ccc(C[C@@H](C#N)NC(=O)[C@@H]4CN(C(=O)OC(C)(C)C)CCCCO4)cc3)cc12. The van der Waals surface area contributed by atoms with Crippen LogP contribution in [0.2, 0.25) is 0 Å². The van der Waals surface area contributed by atoms with Gasteiger partial charge in [-0.15, -0.1) is 0 Å². The molecule has 10 nitrogen and oxygen atoms in total. The number of nitriles is 1. The van der Waals surface area contributed by atoms with Crippen LogP contribution < -0.4 is 5.32 Å². The smallest absolute Gasteiger partial charge is 0.410 e. The second kappa shape index (κ2) is 11.7. The van der Waals surface area contributed by atoms with Gasteiger partial charge in [-0.1, -0.05) is 30.3 Å². The zero-order valence-corrected chi connectivity index (χ0v) is 24.6. The summed E-state index contributed by atoms with van der Waals surface area (Å²) in [7, 11) is 2.00. The largest absolute Gasteiger partial charge is 0.448 e. The summed E-state index contributed by atoms with van der Waals surface area (Å²) in [5.41, 5.74) is 3.19. The molecule has 10 heteroatoms. The van der Waals surface area contributed by atoms with Crippen LogP contribution >= 0.6 is 0 Å². The van der Waals surface area contributed by atoms with E-state index in [9.17, 15) is 19.6 Å². The van der Waals surface area contributed by atoms with Crippen molar-refractivity contribution in [3.63, 3.8) is 0 Å². The van der Waals surface area contributed by atoms with Gasteiger partial charge in [-0.25, -0.2) is 9.59 Å². The van der Waals surface area contributed by atoms with E-state index < -0.39 is 35.3 Å². The van der Waals surface area contributed by atoms with E-state index in [1.54, 1.807) is 20.8 Å². The molecule has 0 bridgehead atoms. The topological polar surface area (TPSA) is 121 Å². The van der Waals surface area contributed by atoms with Gasteiger partial charge in [0.25, 0.3) is 5.91 Å². The van der Waals surface area contributed by atoms with E-state index in [0.29, 0.717) is 44.6 Å². The molecular formula is C32H38N4O6. The van der Waals surface area contributed by atoms with Crippen molar-refractivity contribution in [3.8, 4) is 17.2 Å². The summed E-state index contributed by atoms with van der Waals surface area (Å²) < 4.78 is 17.0. The van der Waals surface area contributed by atoms with Crippen LogP contribution in [0.15, 0.2) is 42.5 Å². The highest BCUT2D eigenvalue weighted by Gasteiger charge is 2.52. The number of fused-ring (bicyclic) bond motifs is 2. The van der Waals surface area contributed by atoms with Gasteiger partial charge in [-0.05, 0) is 69.5 Å². The van der Waals surface area contributed by atoms with Crippen molar-refractivity contribution in [2.75, 3.05) is 39.8 Å². The molecule has 0 aromatic heterocycles. The molecule has 2 fully saturated rings. The number of amides is 2. The Bertz CT molecular complexity index is 1390. The number of carbonyl (C=O) groups is 3. The average molecular weight is 575 g/mol. The van der Waals surface area contributed by atoms with Gasteiger partial charge in [0.15, 0.2) is 11.7 Å². The Morgan fingerprint density at radius 1 is 1.14 bits per heavy atom. The van der Waals surface area contributed by atoms with E-state index in [1.165, 1.54) is 4.90 Å². The molecule has 0 radical (unpaired) electrons. The Labute approximate surface area is 246 Å². The van der Waals surface area contributed by atoms with Crippen LogP contribution in [0.3, 0.4) is 0 Å². The number of esters is 1. The van der Waals surface area contributed by atoms with Gasteiger partial charge in [0.1, 0.15) is 11.6 Å². The van der Waals surface area contributed by atoms with E-state index >= 15 is 0 Å². The van der Waals surface area contributed by atoms with Gasteiger partial charge in [-0.3, -0.25) is 9.69 Å². The summed E-state index contributed by atoms with van der Waals surface area (Å²) in [4.78, 5) is 41.8. The van der Waals surface area contributed by atoms with Crippen LogP contribution in [-0.2, 0) is 31.0 Å². The van der Waals surface area contributed by atoms with Crippen LogP contribution in [0.25, 0.3) is 11.1 Å². The third-order valence-electron chi connectivity index (χ3n) is 7.74. The zero-order valence-electron chi connectivity index (χ0n) is 24.6. The number of hydrogen-bond acceptors (Lipinski definition) is 8. The Kier molecular flexibility index (Phi) is 8.26. The number of rotatable bonds is 5. The summed E-state index contributed by atoms with van der Waals surface area (Å²) in [6.45, 7) is 7.69. The van der Waals surface area contributed by atoms with Crippen molar-refractivity contribution < 1.29 is 28.6 Å². The second-order valence-corrected chi connectivity index (χ2v) is 12.4. The number of likely N-dealkylation sites (N-methyl/N-ethyl adjacent to an activating group) is 1. The van der Waals surface area contributed by atoms with Gasteiger partial charge in [-0.2, -0.15) is 5.26 Å². The van der Waals surface area contributed by atoms with Crippen LogP contribution in [-0.4, -0.2) is 85.3 Å². The Hall–Kier alpha value is -3.94. The van der Waals surface area contributed by atoms with Crippen molar-refractivity contribution in [1.29, 1.82) is 5.26 Å². The molecule has 3 aliphatic heterocycles. The quantitative estimate of drug-likeness (QED) is 0.538. The molecule has 1 N–H and O–H groups in total. The first kappa shape index (κ1) is 29.5. The molecule has 1 spiro atoms. The number of likely N-dealkylation sites (tertiary alicyclic amines) is 1. The molecule has 0 aliphatic carbocycles. The minimum absolute atomic E-state index is 0.0581. The lowest BCUT2D eigenvalue weighted by Gasteiger charge is -2.44. The van der Waals surface area contributed by atoms with Gasteiger partial charge < -0.3 is 24.4 Å². The van der Waals surface area contributed by atoms with Crippen molar-refractivity contribution in [3.05, 3.63) is 59.2 Å². The molecule has 2 saturated heterocycles. The second-order valence-electron chi connectivity index (χ2n) is 12.4. The van der Waals surface area contributed by atoms with Gasteiger partial charge in [0.05, 0.1) is 18.2 Å². The molecule has 2 atom stereocenters. The molecule has 42 heavy (non-hydrogen) atoms. The molecule has 2 aromatic rings. The summed E-state index contributed by atoms with van der Waals surface area (Å²) in [6.07, 6.45) is 0.390. The maximum Gasteiger partial charge on any atom is 0.410 e. The minimum Gasteiger partial charge on any atom is -0.448 e. The standard InChI is InChI=1S/C32H38N4O6/c1-31(2,3)42-30(39)36-13-5-6-14-40-27(18-36)28(37)34-24(17-33)15-21-7-9-22(10-8-21)23-11-12-25-26(16-23)32(41-29(25)38)19-35(4)20-32/h7-12,16,24,27H,5-6,13-15,18-20H2,1-4H3,(H,34,37)/t24-,27-/m0/s1. The molecule has 3 aliphatic rings. The van der Waals surface area contributed by atoms with Crippen molar-refractivity contribution in [1.82, 2.24) is 15.1 Å². The Morgan fingerprint density at radius 2 is 1.86 bits per heavy atom. The minimum atomic E-state index is -0.898. The van der Waals surface area contributed by atoms with Crippen LogP contribution in [0.4, 0.5) is 4.79 Å². The molecular weight excluding hydrogens is 536 g/mol. The fourth-order valence-electron chi connectivity index (χ4n) is 5.71. The number of hydrogen-bond donors (Lipinski definition) is 1. The average Bonchev–Trinajstić information content (AvgIpc) is 3.19. The maximum atomic E-state index is 13.1. The van der Waals surface area contributed by atoms with Crippen molar-refractivity contribution in [2.24, 2.45) is 0 Å². The first-order chi connectivity index (χ1) is 20.0. The van der Waals surface area contributed by atoms with Crippen molar-refractivity contribution in [2.45, 2.75) is 63.4 Å². The van der Waals surface area contributed by atoms with E-state index in [4.69, 9.17) is 14.2 Å². The first-order valence-corrected chi connectivity index (χ1v) is 14.4. The highest BCUT2D eigenvalue weighted by molar-refractivity contribution is 5.96. The van der Waals surface area contributed by atoms with Crippen LogP contribution in [0.1, 0.15) is 55.1 Å². The van der Waals surface area contributed by atoms with E-state index in [0.717, 1.165) is 28.7 Å². The molecule has 2 amide bonds. The lowest BCUT2D eigenvalue weighted by atomic mass is 9.84. The first-order valence-electron chi connectivity index (χ1n) is 14.4. The predicted molar refractivity (Wildman–Crippen MR) is 154 cm³/mol. The Morgan fingerprint density at radius 3 is 2.52 bits per heavy atom. The number of ether oxygens (including phenoxy) is 3. The molecule has 5 rings (SSSR count). The monoisotopic (exact) mass is 574 g/mol. The lowest BCUT2D eigenvalue weighted by Crippen LogP contribution is -2.57. The van der Waals surface area contributed by atoms with E-state index in [-0.39, 0.29) is 12.5 Å². The highest BCUT2D eigenvalue weighted by atomic mass is 16.6. The number of nitrogens with zero attached hydrogens (tertiary/aromatic N) is 3. The van der Waals surface area contributed by atoms with Crippen LogP contribution in [0, 0.1) is 11.3 Å². The number of nitrogens with one attached hydrogen (secondary N) is 1. The fourth-order valence-corrected chi connectivity index (χ4v) is 5.71. The third-order valence-corrected chi connectivity index (χ3v) is 7.74. The number of benzene rings is 2. The molecule has 2 aromatic carbocycles. The van der Waals surface area contributed by atoms with Gasteiger partial charge in [0, 0.05) is 38.2 Å². The van der Waals surface area contributed by atoms with Gasteiger partial charge >= 0.3 is 12.1 Å². The van der Waals surface area contributed by atoms with Gasteiger partial charge in [0.2, 0.25) is 0 Å². The summed E-state index contributed by atoms with van der Waals surface area (Å²) in [5, 5.41) is 12.6. The van der Waals surface area contributed by atoms with Crippen LogP contribution in [0.5, 0.6) is 0 Å². The van der Waals surface area contributed by atoms with E-state index in [2.05, 4.69) is 16.3 Å². The molecule has 3 heterocycles. The summed E-state index contributed by atoms with van der Waals surface area (Å²) >= 11 is 0. The molecule has 222 valence electrons. The summed E-state index contributed by atoms with van der Waals surface area (Å²) in [5.74, 6) is -0.703. The number of carbonyl (C=O) groups excluding carboxylic acids is 3. The van der Waals surface area contributed by atoms with Crippen molar-refractivity contribution >= 4 is 18.0 Å². The highest BCUT2D eigenvalue weighted by Crippen LogP contribution is 2.44. The normalized spacial score (nSPS) is 20.8.